The lowest BCUT2D eigenvalue weighted by molar-refractivity contribution is -0.125. The zero-order valence-electron chi connectivity index (χ0n) is 13.9. The molecule has 0 radical (unpaired) electrons. The topological polar surface area (TPSA) is 87.5 Å². The maximum absolute atomic E-state index is 12.1. The molecule has 8 heteroatoms. The number of urea groups is 1. The van der Waals surface area contributed by atoms with Crippen LogP contribution in [0.15, 0.2) is 12.3 Å². The summed E-state index contributed by atoms with van der Waals surface area (Å²) in [5.41, 5.74) is 0. The van der Waals surface area contributed by atoms with E-state index in [9.17, 15) is 14.4 Å². The monoisotopic (exact) mass is 333 g/mol. The molecule has 1 saturated heterocycles. The van der Waals surface area contributed by atoms with Crippen LogP contribution < -0.4 is 5.32 Å². The molecular weight excluding hydrogens is 310 g/mol. The summed E-state index contributed by atoms with van der Waals surface area (Å²) in [5.74, 6) is 0.393. The summed E-state index contributed by atoms with van der Waals surface area (Å²) in [6.07, 6.45) is 7.00. The molecular formula is C16H23N5O3. The molecule has 1 aromatic rings. The number of imide groups is 1. The maximum atomic E-state index is 12.1. The number of hydrogen-bond acceptors (Lipinski definition) is 4. The van der Waals surface area contributed by atoms with Gasteiger partial charge in [0.25, 0.3) is 0 Å². The molecule has 0 unspecified atom stereocenters. The van der Waals surface area contributed by atoms with Crippen LogP contribution in [0.4, 0.5) is 10.6 Å². The Hall–Kier alpha value is -2.38. The second-order valence-electron chi connectivity index (χ2n) is 6.44. The largest absolute Gasteiger partial charge is 0.326 e. The van der Waals surface area contributed by atoms with Crippen LogP contribution in [-0.4, -0.2) is 57.6 Å². The molecule has 0 aromatic carbocycles. The molecule has 0 atom stereocenters. The SMILES string of the molecule is CN1CC(=O)N(CCCC(=O)Nc2ccnn2C2CCCC2)C1=O. The fourth-order valence-corrected chi connectivity index (χ4v) is 3.35. The molecule has 1 aromatic heterocycles. The highest BCUT2D eigenvalue weighted by atomic mass is 16.2. The first-order chi connectivity index (χ1) is 11.6. The van der Waals surface area contributed by atoms with Gasteiger partial charge < -0.3 is 10.2 Å². The second kappa shape index (κ2) is 7.02. The van der Waals surface area contributed by atoms with Gasteiger partial charge in [-0.2, -0.15) is 5.10 Å². The predicted octanol–water partition coefficient (Wildman–Crippen LogP) is 1.61. The van der Waals surface area contributed by atoms with Crippen molar-refractivity contribution in [3.05, 3.63) is 12.3 Å². The molecule has 2 heterocycles. The van der Waals surface area contributed by atoms with Gasteiger partial charge in [0.15, 0.2) is 0 Å². The Morgan fingerprint density at radius 2 is 2.08 bits per heavy atom. The van der Waals surface area contributed by atoms with Crippen LogP contribution in [0.3, 0.4) is 0 Å². The lowest BCUT2D eigenvalue weighted by Gasteiger charge is -2.15. The minimum absolute atomic E-state index is 0.117. The van der Waals surface area contributed by atoms with Crippen LogP contribution in [0, 0.1) is 0 Å². The first-order valence-electron chi connectivity index (χ1n) is 8.45. The van der Waals surface area contributed by atoms with Gasteiger partial charge >= 0.3 is 6.03 Å². The van der Waals surface area contributed by atoms with Crippen LogP contribution in [-0.2, 0) is 9.59 Å². The smallest absolute Gasteiger partial charge is 0.318 e. The zero-order valence-corrected chi connectivity index (χ0v) is 13.9. The lowest BCUT2D eigenvalue weighted by atomic mass is 10.2. The Balaban J connectivity index is 1.47. The first kappa shape index (κ1) is 16.5. The van der Waals surface area contributed by atoms with Crippen molar-refractivity contribution in [3.63, 3.8) is 0 Å². The Morgan fingerprint density at radius 3 is 2.75 bits per heavy atom. The number of aromatic nitrogens is 2. The number of carbonyl (C=O) groups is 3. The van der Waals surface area contributed by atoms with Gasteiger partial charge in [-0.1, -0.05) is 12.8 Å². The minimum Gasteiger partial charge on any atom is -0.318 e. The summed E-state index contributed by atoms with van der Waals surface area (Å²) >= 11 is 0. The van der Waals surface area contributed by atoms with Crippen molar-refractivity contribution in [1.82, 2.24) is 19.6 Å². The van der Waals surface area contributed by atoms with Gasteiger partial charge in [-0.25, -0.2) is 9.48 Å². The van der Waals surface area contributed by atoms with Gasteiger partial charge in [0.2, 0.25) is 11.8 Å². The molecule has 1 saturated carbocycles. The molecule has 2 fully saturated rings. The molecule has 0 bridgehead atoms. The number of anilines is 1. The molecule has 1 aliphatic carbocycles. The number of amides is 4. The number of rotatable bonds is 6. The van der Waals surface area contributed by atoms with E-state index in [0.717, 1.165) is 18.7 Å². The maximum Gasteiger partial charge on any atom is 0.326 e. The summed E-state index contributed by atoms with van der Waals surface area (Å²) in [4.78, 5) is 38.1. The highest BCUT2D eigenvalue weighted by Gasteiger charge is 2.32. The van der Waals surface area contributed by atoms with E-state index in [1.165, 1.54) is 22.6 Å². The first-order valence-corrected chi connectivity index (χ1v) is 8.45. The quantitative estimate of drug-likeness (QED) is 0.801. The average molecular weight is 333 g/mol. The average Bonchev–Trinajstić information content (AvgIpc) is 3.25. The van der Waals surface area contributed by atoms with E-state index >= 15 is 0 Å². The van der Waals surface area contributed by atoms with Crippen LogP contribution in [0.2, 0.25) is 0 Å². The predicted molar refractivity (Wildman–Crippen MR) is 87.3 cm³/mol. The summed E-state index contributed by atoms with van der Waals surface area (Å²) in [6, 6.07) is 1.88. The lowest BCUT2D eigenvalue weighted by Crippen LogP contribution is -2.33. The van der Waals surface area contributed by atoms with Gasteiger partial charge in [-0.15, -0.1) is 0 Å². The summed E-state index contributed by atoms with van der Waals surface area (Å²) in [6.45, 7) is 0.392. The Labute approximate surface area is 140 Å². The zero-order chi connectivity index (χ0) is 17.1. The van der Waals surface area contributed by atoms with Crippen LogP contribution >= 0.6 is 0 Å². The number of hydrogen-bond donors (Lipinski definition) is 1. The third kappa shape index (κ3) is 3.42. The summed E-state index contributed by atoms with van der Waals surface area (Å²) in [5, 5.41) is 7.21. The van der Waals surface area contributed by atoms with Gasteiger partial charge in [-0.3, -0.25) is 14.5 Å². The van der Waals surface area contributed by atoms with E-state index < -0.39 is 0 Å². The van der Waals surface area contributed by atoms with Gasteiger partial charge in [0, 0.05) is 26.1 Å². The van der Waals surface area contributed by atoms with Crippen molar-refractivity contribution >= 4 is 23.7 Å². The van der Waals surface area contributed by atoms with Crippen molar-refractivity contribution in [1.29, 1.82) is 0 Å². The summed E-state index contributed by atoms with van der Waals surface area (Å²) in [7, 11) is 1.59. The molecule has 130 valence electrons. The van der Waals surface area contributed by atoms with Crippen molar-refractivity contribution in [2.45, 2.75) is 44.6 Å². The second-order valence-corrected chi connectivity index (χ2v) is 6.44. The molecule has 4 amide bonds. The van der Waals surface area contributed by atoms with Crippen molar-refractivity contribution in [2.24, 2.45) is 0 Å². The van der Waals surface area contributed by atoms with E-state index in [1.54, 1.807) is 19.3 Å². The molecule has 2 aliphatic rings. The Morgan fingerprint density at radius 1 is 1.33 bits per heavy atom. The molecule has 8 nitrogen and oxygen atoms in total. The van der Waals surface area contributed by atoms with Gasteiger partial charge in [0.05, 0.1) is 12.2 Å². The van der Waals surface area contributed by atoms with Crippen LogP contribution in [0.1, 0.15) is 44.6 Å². The normalized spacial score (nSPS) is 18.7. The molecule has 24 heavy (non-hydrogen) atoms. The number of nitrogens with zero attached hydrogens (tertiary/aromatic N) is 4. The minimum atomic E-state index is -0.292. The van der Waals surface area contributed by atoms with E-state index in [1.807, 2.05) is 4.68 Å². The van der Waals surface area contributed by atoms with Gasteiger partial charge in [-0.05, 0) is 19.3 Å². The Kier molecular flexibility index (Phi) is 4.82. The van der Waals surface area contributed by atoms with E-state index in [-0.39, 0.29) is 37.4 Å². The molecule has 1 N–H and O–H groups in total. The van der Waals surface area contributed by atoms with Crippen molar-refractivity contribution in [2.75, 3.05) is 25.5 Å². The van der Waals surface area contributed by atoms with Crippen LogP contribution in [0.5, 0.6) is 0 Å². The number of carbonyl (C=O) groups excluding carboxylic acids is 3. The third-order valence-corrected chi connectivity index (χ3v) is 4.62. The number of likely N-dealkylation sites (N-methyl/N-ethyl adjacent to an activating group) is 1. The number of nitrogens with one attached hydrogen (secondary N) is 1. The molecule has 1 aliphatic heterocycles. The van der Waals surface area contributed by atoms with Crippen molar-refractivity contribution < 1.29 is 14.4 Å². The third-order valence-electron chi connectivity index (χ3n) is 4.62. The summed E-state index contributed by atoms with van der Waals surface area (Å²) < 4.78 is 1.90. The highest BCUT2D eigenvalue weighted by molar-refractivity contribution is 6.01. The van der Waals surface area contributed by atoms with E-state index in [4.69, 9.17) is 0 Å². The van der Waals surface area contributed by atoms with E-state index in [2.05, 4.69) is 10.4 Å². The van der Waals surface area contributed by atoms with E-state index in [0.29, 0.717) is 12.5 Å². The van der Waals surface area contributed by atoms with Crippen molar-refractivity contribution in [3.8, 4) is 0 Å². The highest BCUT2D eigenvalue weighted by Crippen LogP contribution is 2.31. The molecule has 3 rings (SSSR count). The standard InChI is InChI=1S/C16H23N5O3/c1-19-11-15(23)20(16(19)24)10-4-7-14(22)18-13-8-9-17-21(13)12-5-2-3-6-12/h8-9,12H,2-7,10-11H2,1H3,(H,18,22). The Bertz CT molecular complexity index is 635. The molecule has 0 spiro atoms. The fourth-order valence-electron chi connectivity index (χ4n) is 3.35. The fraction of sp³-hybridized carbons (Fsp3) is 0.625. The van der Waals surface area contributed by atoms with Crippen LogP contribution in [0.25, 0.3) is 0 Å². The van der Waals surface area contributed by atoms with Gasteiger partial charge in [0.1, 0.15) is 12.4 Å².